The van der Waals surface area contributed by atoms with E-state index in [2.05, 4.69) is 17.7 Å². The molecule has 1 heterocycles. The van der Waals surface area contributed by atoms with Crippen LogP contribution in [0.15, 0.2) is 0 Å². The molecule has 1 aromatic heterocycles. The lowest BCUT2D eigenvalue weighted by Crippen LogP contribution is -2.05. The zero-order valence-corrected chi connectivity index (χ0v) is 11.0. The fourth-order valence-corrected chi connectivity index (χ4v) is 2.52. The van der Waals surface area contributed by atoms with Gasteiger partial charge in [0.25, 0.3) is 0 Å². The van der Waals surface area contributed by atoms with Crippen LogP contribution in [0.5, 0.6) is 0 Å². The molecule has 0 unspecified atom stereocenters. The summed E-state index contributed by atoms with van der Waals surface area (Å²) in [6.07, 6.45) is 6.93. The fourth-order valence-electron chi connectivity index (χ4n) is 2.09. The average molecular weight is 239 g/mol. The molecule has 0 radical (unpaired) electrons. The highest BCUT2D eigenvalue weighted by molar-refractivity contribution is 7.98. The lowest BCUT2D eigenvalue weighted by Gasteiger charge is -2.05. The first-order valence-corrected chi connectivity index (χ1v) is 7.51. The number of imidazole rings is 1. The number of nitrogen functional groups attached to an aromatic ring is 1. The Kier molecular flexibility index (Phi) is 3.79. The molecule has 1 fully saturated rings. The van der Waals surface area contributed by atoms with Crippen LogP contribution >= 0.6 is 11.8 Å². The second-order valence-electron chi connectivity index (χ2n) is 4.42. The van der Waals surface area contributed by atoms with Crippen LogP contribution < -0.4 is 5.73 Å². The highest BCUT2D eigenvalue weighted by Crippen LogP contribution is 2.40. The molecule has 90 valence electrons. The van der Waals surface area contributed by atoms with Crippen molar-refractivity contribution in [2.45, 2.75) is 45.1 Å². The van der Waals surface area contributed by atoms with Crippen LogP contribution in [0.25, 0.3) is 0 Å². The molecule has 3 nitrogen and oxygen atoms in total. The van der Waals surface area contributed by atoms with Gasteiger partial charge in [0.15, 0.2) is 0 Å². The van der Waals surface area contributed by atoms with Crippen molar-refractivity contribution in [2.24, 2.45) is 0 Å². The van der Waals surface area contributed by atoms with Gasteiger partial charge in [0, 0.05) is 12.5 Å². The van der Waals surface area contributed by atoms with Crippen molar-refractivity contribution in [1.82, 2.24) is 9.55 Å². The first-order valence-electron chi connectivity index (χ1n) is 6.11. The molecule has 16 heavy (non-hydrogen) atoms. The second-order valence-corrected chi connectivity index (χ2v) is 5.40. The quantitative estimate of drug-likeness (QED) is 0.776. The lowest BCUT2D eigenvalue weighted by atomic mass is 10.2. The van der Waals surface area contributed by atoms with Crippen LogP contribution in [0.4, 0.5) is 5.82 Å². The Bertz CT molecular complexity index is 355. The second kappa shape index (κ2) is 5.13. The van der Waals surface area contributed by atoms with Gasteiger partial charge in [-0.25, -0.2) is 4.98 Å². The highest BCUT2D eigenvalue weighted by atomic mass is 32.2. The number of nitrogens with two attached hydrogens (primary N) is 1. The van der Waals surface area contributed by atoms with Crippen molar-refractivity contribution < 1.29 is 0 Å². The van der Waals surface area contributed by atoms with E-state index in [0.717, 1.165) is 24.5 Å². The number of hydrogen-bond acceptors (Lipinski definition) is 3. The van der Waals surface area contributed by atoms with Gasteiger partial charge in [0.2, 0.25) is 0 Å². The third-order valence-corrected chi connectivity index (χ3v) is 3.83. The van der Waals surface area contributed by atoms with Crippen LogP contribution in [0.3, 0.4) is 0 Å². The Morgan fingerprint density at radius 1 is 1.50 bits per heavy atom. The molecule has 0 aliphatic heterocycles. The highest BCUT2D eigenvalue weighted by Gasteiger charge is 2.30. The normalized spacial score (nSPS) is 15.6. The summed E-state index contributed by atoms with van der Waals surface area (Å²) in [5, 5.41) is 0. The van der Waals surface area contributed by atoms with Gasteiger partial charge in [0.05, 0.1) is 5.69 Å². The SMILES string of the molecule is CCn1c(C2CC2)nc(CCCSC)c1N. The molecule has 0 amide bonds. The third kappa shape index (κ3) is 2.37. The molecule has 4 heteroatoms. The van der Waals surface area contributed by atoms with E-state index < -0.39 is 0 Å². The van der Waals surface area contributed by atoms with E-state index in [4.69, 9.17) is 10.7 Å². The smallest absolute Gasteiger partial charge is 0.126 e. The summed E-state index contributed by atoms with van der Waals surface area (Å²) in [5.41, 5.74) is 7.28. The standard InChI is InChI=1S/C12H21N3S/c1-3-15-11(13)10(5-4-8-16-2)14-12(15)9-6-7-9/h9H,3-8,13H2,1-2H3. The van der Waals surface area contributed by atoms with Crippen molar-refractivity contribution in [2.75, 3.05) is 17.7 Å². The molecule has 1 aliphatic carbocycles. The Morgan fingerprint density at radius 3 is 2.81 bits per heavy atom. The number of aryl methyl sites for hydroxylation is 1. The molecule has 1 aromatic rings. The minimum absolute atomic E-state index is 0.691. The van der Waals surface area contributed by atoms with E-state index >= 15 is 0 Å². The molecule has 1 aliphatic rings. The molecular weight excluding hydrogens is 218 g/mol. The van der Waals surface area contributed by atoms with E-state index in [0.29, 0.717) is 5.92 Å². The Morgan fingerprint density at radius 2 is 2.25 bits per heavy atom. The lowest BCUT2D eigenvalue weighted by molar-refractivity contribution is 0.708. The van der Waals surface area contributed by atoms with Crippen molar-refractivity contribution in [1.29, 1.82) is 0 Å². The number of hydrogen-bond donors (Lipinski definition) is 1. The van der Waals surface area contributed by atoms with Crippen molar-refractivity contribution in [3.8, 4) is 0 Å². The molecule has 2 rings (SSSR count). The summed E-state index contributed by atoms with van der Waals surface area (Å²) < 4.78 is 2.20. The number of nitrogens with zero attached hydrogens (tertiary/aromatic N) is 2. The van der Waals surface area contributed by atoms with Crippen LogP contribution in [-0.4, -0.2) is 21.6 Å². The summed E-state index contributed by atoms with van der Waals surface area (Å²) in [7, 11) is 0. The van der Waals surface area contributed by atoms with Gasteiger partial charge in [-0.05, 0) is 44.6 Å². The summed E-state index contributed by atoms with van der Waals surface area (Å²) in [4.78, 5) is 4.74. The van der Waals surface area contributed by atoms with Gasteiger partial charge in [-0.1, -0.05) is 0 Å². The van der Waals surface area contributed by atoms with Crippen molar-refractivity contribution in [3.63, 3.8) is 0 Å². The average Bonchev–Trinajstić information content (AvgIpc) is 3.06. The summed E-state index contributed by atoms with van der Waals surface area (Å²) in [6.45, 7) is 3.10. The predicted molar refractivity (Wildman–Crippen MR) is 71.0 cm³/mol. The van der Waals surface area contributed by atoms with Crippen LogP contribution in [0, 0.1) is 0 Å². The third-order valence-electron chi connectivity index (χ3n) is 3.13. The summed E-state index contributed by atoms with van der Waals surface area (Å²) in [5.74, 6) is 4.03. The van der Waals surface area contributed by atoms with Crippen molar-refractivity contribution >= 4 is 17.6 Å². The van der Waals surface area contributed by atoms with Gasteiger partial charge in [-0.3, -0.25) is 0 Å². The number of thioether (sulfide) groups is 1. The Hall–Kier alpha value is -0.640. The van der Waals surface area contributed by atoms with E-state index in [1.165, 1.54) is 30.8 Å². The number of anilines is 1. The summed E-state index contributed by atoms with van der Waals surface area (Å²) in [6, 6.07) is 0. The van der Waals surface area contributed by atoms with Crippen LogP contribution in [0.1, 0.15) is 43.6 Å². The minimum atomic E-state index is 0.691. The van der Waals surface area contributed by atoms with Crippen LogP contribution in [-0.2, 0) is 13.0 Å². The van der Waals surface area contributed by atoms with Gasteiger partial charge < -0.3 is 10.3 Å². The molecule has 0 bridgehead atoms. The van der Waals surface area contributed by atoms with E-state index in [-0.39, 0.29) is 0 Å². The van der Waals surface area contributed by atoms with Gasteiger partial charge in [-0.15, -0.1) is 0 Å². The molecule has 0 atom stereocenters. The molecule has 1 saturated carbocycles. The summed E-state index contributed by atoms with van der Waals surface area (Å²) >= 11 is 1.89. The maximum absolute atomic E-state index is 6.16. The van der Waals surface area contributed by atoms with Gasteiger partial charge >= 0.3 is 0 Å². The van der Waals surface area contributed by atoms with E-state index in [9.17, 15) is 0 Å². The van der Waals surface area contributed by atoms with Crippen molar-refractivity contribution in [3.05, 3.63) is 11.5 Å². The van der Waals surface area contributed by atoms with E-state index in [1.54, 1.807) is 0 Å². The maximum Gasteiger partial charge on any atom is 0.126 e. The monoisotopic (exact) mass is 239 g/mol. The Labute approximate surface area is 102 Å². The minimum Gasteiger partial charge on any atom is -0.384 e. The van der Waals surface area contributed by atoms with E-state index in [1.807, 2.05) is 11.8 Å². The molecule has 0 saturated heterocycles. The zero-order valence-electron chi connectivity index (χ0n) is 10.2. The van der Waals surface area contributed by atoms with Crippen LogP contribution in [0.2, 0.25) is 0 Å². The maximum atomic E-state index is 6.16. The fraction of sp³-hybridized carbons (Fsp3) is 0.750. The Balaban J connectivity index is 2.11. The molecular formula is C12H21N3S. The molecule has 2 N–H and O–H groups in total. The topological polar surface area (TPSA) is 43.8 Å². The predicted octanol–water partition coefficient (Wildman–Crippen LogP) is 2.66. The van der Waals surface area contributed by atoms with Gasteiger partial charge in [0.1, 0.15) is 11.6 Å². The number of aromatic nitrogens is 2. The molecule has 0 aromatic carbocycles. The first kappa shape index (κ1) is 11.8. The van der Waals surface area contributed by atoms with Gasteiger partial charge in [-0.2, -0.15) is 11.8 Å². The zero-order chi connectivity index (χ0) is 11.5. The largest absolute Gasteiger partial charge is 0.384 e. The molecule has 0 spiro atoms. The number of rotatable bonds is 6. The first-order chi connectivity index (χ1) is 7.77.